The van der Waals surface area contributed by atoms with Crippen molar-refractivity contribution >= 4 is 40.3 Å². The Labute approximate surface area is 144 Å². The third-order valence-corrected chi connectivity index (χ3v) is 4.45. The van der Waals surface area contributed by atoms with Gasteiger partial charge in [-0.15, -0.1) is 0 Å². The van der Waals surface area contributed by atoms with E-state index in [1.54, 1.807) is 16.8 Å². The van der Waals surface area contributed by atoms with Gasteiger partial charge in [-0.3, -0.25) is 4.99 Å². The summed E-state index contributed by atoms with van der Waals surface area (Å²) in [6.45, 7) is 0.587. The topological polar surface area (TPSA) is 37.5 Å². The van der Waals surface area contributed by atoms with E-state index in [-0.39, 0.29) is 5.88 Å². The molecule has 0 atom stereocenters. The Morgan fingerprint density at radius 3 is 2.74 bits per heavy atom. The molecule has 0 spiro atoms. The van der Waals surface area contributed by atoms with Gasteiger partial charge < -0.3 is 9.67 Å². The smallest absolute Gasteiger partial charge is 0.200 e. The summed E-state index contributed by atoms with van der Waals surface area (Å²) in [5.74, 6) is 0.222. The number of para-hydroxylation sites is 1. The van der Waals surface area contributed by atoms with Crippen molar-refractivity contribution in [2.75, 3.05) is 6.54 Å². The van der Waals surface area contributed by atoms with Crippen LogP contribution < -0.4 is 0 Å². The number of fused-ring (bicyclic) bond motifs is 1. The summed E-state index contributed by atoms with van der Waals surface area (Å²) in [4.78, 5) is 4.43. The van der Waals surface area contributed by atoms with Crippen molar-refractivity contribution in [3.8, 4) is 5.88 Å². The van der Waals surface area contributed by atoms with Gasteiger partial charge in [0.2, 0.25) is 5.88 Å². The zero-order chi connectivity index (χ0) is 16.4. The molecule has 3 nitrogen and oxygen atoms in total. The maximum Gasteiger partial charge on any atom is 0.200 e. The normalized spacial score (nSPS) is 11.6. The number of rotatable bonds is 4. The van der Waals surface area contributed by atoms with Crippen LogP contribution >= 0.6 is 23.2 Å². The van der Waals surface area contributed by atoms with Crippen LogP contribution in [-0.4, -0.2) is 22.4 Å². The van der Waals surface area contributed by atoms with E-state index in [0.29, 0.717) is 16.6 Å². The molecule has 3 rings (SSSR count). The van der Waals surface area contributed by atoms with Gasteiger partial charge in [-0.1, -0.05) is 47.5 Å². The number of nitrogens with zero attached hydrogens (tertiary/aromatic N) is 2. The molecule has 23 heavy (non-hydrogen) atoms. The summed E-state index contributed by atoms with van der Waals surface area (Å²) in [6.07, 6.45) is 2.44. The highest BCUT2D eigenvalue weighted by Crippen LogP contribution is 2.28. The molecule has 0 aliphatic carbocycles. The molecular weight excluding hydrogens is 331 g/mol. The number of aryl methyl sites for hydroxylation is 1. The molecule has 0 fully saturated rings. The lowest BCUT2D eigenvalue weighted by atomic mass is 10.1. The second-order valence-corrected chi connectivity index (χ2v) is 6.18. The fraction of sp³-hybridized carbons (Fsp3) is 0.167. The number of aromatic nitrogens is 1. The molecule has 5 heteroatoms. The SMILES string of the molecule is Cn1c(O)c(C=NCCc2ccc(Cl)cc2Cl)c2ccccc21. The average Bonchev–Trinajstić information content (AvgIpc) is 2.78. The monoisotopic (exact) mass is 346 g/mol. The zero-order valence-corrected chi connectivity index (χ0v) is 14.1. The van der Waals surface area contributed by atoms with Gasteiger partial charge >= 0.3 is 0 Å². The minimum Gasteiger partial charge on any atom is -0.494 e. The molecule has 0 bridgehead atoms. The summed E-state index contributed by atoms with van der Waals surface area (Å²) in [7, 11) is 1.84. The van der Waals surface area contributed by atoms with Crippen LogP contribution in [0.5, 0.6) is 5.88 Å². The Balaban J connectivity index is 1.77. The number of hydrogen-bond acceptors (Lipinski definition) is 2. The van der Waals surface area contributed by atoms with Crippen molar-refractivity contribution in [1.29, 1.82) is 0 Å². The Morgan fingerprint density at radius 2 is 1.96 bits per heavy atom. The van der Waals surface area contributed by atoms with Crippen molar-refractivity contribution in [3.05, 3.63) is 63.6 Å². The maximum absolute atomic E-state index is 10.2. The number of benzene rings is 2. The van der Waals surface area contributed by atoms with E-state index in [4.69, 9.17) is 23.2 Å². The third-order valence-electron chi connectivity index (χ3n) is 3.86. The van der Waals surface area contributed by atoms with E-state index in [1.165, 1.54) is 0 Å². The van der Waals surface area contributed by atoms with Crippen molar-refractivity contribution in [1.82, 2.24) is 4.57 Å². The van der Waals surface area contributed by atoms with Gasteiger partial charge in [0.25, 0.3) is 0 Å². The Kier molecular flexibility index (Phi) is 4.60. The number of hydrogen-bond donors (Lipinski definition) is 1. The molecule has 0 radical (unpaired) electrons. The molecule has 0 aliphatic rings. The van der Waals surface area contributed by atoms with Crippen molar-refractivity contribution < 1.29 is 5.11 Å². The number of halogens is 2. The first kappa shape index (κ1) is 15.9. The fourth-order valence-corrected chi connectivity index (χ4v) is 3.10. The van der Waals surface area contributed by atoms with Crippen LogP contribution in [-0.2, 0) is 13.5 Å². The number of aromatic hydroxyl groups is 1. The summed E-state index contributed by atoms with van der Waals surface area (Å²) in [5, 5.41) is 12.5. The lowest BCUT2D eigenvalue weighted by Gasteiger charge is -2.02. The van der Waals surface area contributed by atoms with Crippen LogP contribution in [0.3, 0.4) is 0 Å². The van der Waals surface area contributed by atoms with Crippen LogP contribution in [0, 0.1) is 0 Å². The maximum atomic E-state index is 10.2. The minimum absolute atomic E-state index is 0.222. The molecule has 0 saturated carbocycles. The number of aliphatic imine (C=N–C) groups is 1. The average molecular weight is 347 g/mol. The van der Waals surface area contributed by atoms with Crippen LogP contribution in [0.4, 0.5) is 0 Å². The van der Waals surface area contributed by atoms with Gasteiger partial charge in [0.1, 0.15) is 0 Å². The van der Waals surface area contributed by atoms with Gasteiger partial charge in [-0.25, -0.2) is 0 Å². The molecule has 2 aromatic carbocycles. The summed E-state index contributed by atoms with van der Waals surface area (Å²) >= 11 is 12.0. The van der Waals surface area contributed by atoms with Crippen LogP contribution in [0.1, 0.15) is 11.1 Å². The zero-order valence-electron chi connectivity index (χ0n) is 12.6. The van der Waals surface area contributed by atoms with Gasteiger partial charge in [-0.2, -0.15) is 0 Å². The molecular formula is C18H16Cl2N2O. The predicted molar refractivity (Wildman–Crippen MR) is 97.2 cm³/mol. The van der Waals surface area contributed by atoms with E-state index < -0.39 is 0 Å². The molecule has 3 aromatic rings. The van der Waals surface area contributed by atoms with E-state index in [0.717, 1.165) is 28.5 Å². The first-order valence-electron chi connectivity index (χ1n) is 7.28. The first-order valence-corrected chi connectivity index (χ1v) is 8.03. The Morgan fingerprint density at radius 1 is 1.17 bits per heavy atom. The second-order valence-electron chi connectivity index (χ2n) is 5.33. The highest BCUT2D eigenvalue weighted by Gasteiger charge is 2.11. The molecule has 1 aromatic heterocycles. The first-order chi connectivity index (χ1) is 11.1. The summed E-state index contributed by atoms with van der Waals surface area (Å²) in [5.41, 5.74) is 2.73. The van der Waals surface area contributed by atoms with Gasteiger partial charge in [-0.05, 0) is 30.2 Å². The van der Waals surface area contributed by atoms with E-state index in [9.17, 15) is 5.11 Å². The molecule has 0 aliphatic heterocycles. The fourth-order valence-electron chi connectivity index (χ4n) is 2.60. The lowest BCUT2D eigenvalue weighted by Crippen LogP contribution is -1.92. The van der Waals surface area contributed by atoms with Crippen LogP contribution in [0.25, 0.3) is 10.9 Å². The Hall–Kier alpha value is -1.97. The molecule has 0 unspecified atom stereocenters. The second kappa shape index (κ2) is 6.65. The summed E-state index contributed by atoms with van der Waals surface area (Å²) < 4.78 is 1.76. The standard InChI is InChI=1S/C18H16Cl2N2O/c1-22-17-5-3-2-4-14(17)15(18(22)23)11-21-9-8-12-6-7-13(19)10-16(12)20/h2-7,10-11,23H,8-9H2,1H3. The van der Waals surface area contributed by atoms with Crippen molar-refractivity contribution in [2.45, 2.75) is 6.42 Å². The molecule has 0 amide bonds. The predicted octanol–water partition coefficient (Wildman–Crippen LogP) is 4.85. The van der Waals surface area contributed by atoms with E-state index >= 15 is 0 Å². The third kappa shape index (κ3) is 3.21. The molecule has 1 heterocycles. The molecule has 118 valence electrons. The van der Waals surface area contributed by atoms with Gasteiger partial charge in [0, 0.05) is 35.2 Å². The Bertz CT molecular complexity index is 884. The van der Waals surface area contributed by atoms with E-state index in [2.05, 4.69) is 4.99 Å². The molecule has 0 saturated heterocycles. The largest absolute Gasteiger partial charge is 0.494 e. The lowest BCUT2D eigenvalue weighted by molar-refractivity contribution is 0.434. The van der Waals surface area contributed by atoms with Crippen LogP contribution in [0.15, 0.2) is 47.5 Å². The summed E-state index contributed by atoms with van der Waals surface area (Å²) in [6, 6.07) is 13.3. The van der Waals surface area contributed by atoms with Gasteiger partial charge in [0.15, 0.2) is 0 Å². The van der Waals surface area contributed by atoms with Crippen LogP contribution in [0.2, 0.25) is 10.0 Å². The molecule has 1 N–H and O–H groups in total. The van der Waals surface area contributed by atoms with E-state index in [1.807, 2.05) is 43.4 Å². The highest BCUT2D eigenvalue weighted by molar-refractivity contribution is 6.35. The van der Waals surface area contributed by atoms with Crippen molar-refractivity contribution in [2.24, 2.45) is 12.0 Å². The van der Waals surface area contributed by atoms with Gasteiger partial charge in [0.05, 0.1) is 11.1 Å². The highest BCUT2D eigenvalue weighted by atomic mass is 35.5. The minimum atomic E-state index is 0.222. The quantitative estimate of drug-likeness (QED) is 0.673. The van der Waals surface area contributed by atoms with Crippen molar-refractivity contribution in [3.63, 3.8) is 0 Å².